The van der Waals surface area contributed by atoms with Crippen molar-refractivity contribution in [3.8, 4) is 0 Å². The fourth-order valence-electron chi connectivity index (χ4n) is 4.39. The van der Waals surface area contributed by atoms with Crippen LogP contribution in [0.3, 0.4) is 0 Å². The van der Waals surface area contributed by atoms with E-state index < -0.39 is 5.79 Å². The van der Waals surface area contributed by atoms with Gasteiger partial charge in [-0.2, -0.15) is 0 Å². The summed E-state index contributed by atoms with van der Waals surface area (Å²) in [5, 5.41) is 9.62. The SMILES string of the molecule is OC[C@H]1CCCC2(CC3(C[C@H](COCc4ccccc4)O2)SCCCS3)O1. The van der Waals surface area contributed by atoms with Gasteiger partial charge in [0.25, 0.3) is 0 Å². The summed E-state index contributed by atoms with van der Waals surface area (Å²) >= 11 is 4.16. The van der Waals surface area contributed by atoms with Crippen molar-refractivity contribution in [3.63, 3.8) is 0 Å². The lowest BCUT2D eigenvalue weighted by Crippen LogP contribution is -2.56. The molecule has 0 radical (unpaired) electrons. The van der Waals surface area contributed by atoms with Gasteiger partial charge in [-0.1, -0.05) is 30.3 Å². The highest BCUT2D eigenvalue weighted by Gasteiger charge is 2.53. The second-order valence-corrected chi connectivity index (χ2v) is 11.0. The van der Waals surface area contributed by atoms with Crippen LogP contribution in [0, 0.1) is 0 Å². The Labute approximate surface area is 170 Å². The summed E-state index contributed by atoms with van der Waals surface area (Å²) in [7, 11) is 0. The molecule has 150 valence electrons. The molecule has 0 bridgehead atoms. The van der Waals surface area contributed by atoms with Gasteiger partial charge in [0.05, 0.1) is 36.1 Å². The van der Waals surface area contributed by atoms with Crippen molar-refractivity contribution in [1.29, 1.82) is 0 Å². The summed E-state index contributed by atoms with van der Waals surface area (Å²) < 4.78 is 19.1. The summed E-state index contributed by atoms with van der Waals surface area (Å²) in [5.41, 5.74) is 1.19. The Hall–Kier alpha value is -0.240. The van der Waals surface area contributed by atoms with Crippen LogP contribution in [0.2, 0.25) is 0 Å². The van der Waals surface area contributed by atoms with E-state index in [0.29, 0.717) is 13.2 Å². The standard InChI is InChI=1S/C21H30O4S2/c22-13-18-8-4-9-20(24-18)16-21(26-10-5-11-27-21)12-19(25-20)15-23-14-17-6-2-1-3-7-17/h1-3,6-7,18-19,22H,4-5,8-16H2/t18-,19-,20?/m1/s1. The quantitative estimate of drug-likeness (QED) is 0.785. The van der Waals surface area contributed by atoms with Crippen LogP contribution in [0.15, 0.2) is 30.3 Å². The number of thioether (sulfide) groups is 2. The number of ether oxygens (including phenoxy) is 3. The normalized spacial score (nSPS) is 33.4. The van der Waals surface area contributed by atoms with E-state index in [2.05, 4.69) is 35.7 Å². The molecule has 1 aromatic carbocycles. The average molecular weight is 411 g/mol. The molecule has 3 atom stereocenters. The maximum Gasteiger partial charge on any atom is 0.171 e. The zero-order valence-corrected chi connectivity index (χ0v) is 17.4. The van der Waals surface area contributed by atoms with Gasteiger partial charge in [-0.05, 0) is 42.8 Å². The molecule has 3 aliphatic rings. The van der Waals surface area contributed by atoms with Gasteiger partial charge in [0.2, 0.25) is 0 Å². The lowest BCUT2D eigenvalue weighted by molar-refractivity contribution is -0.322. The summed E-state index contributed by atoms with van der Waals surface area (Å²) in [6.07, 6.45) is 6.03. The highest BCUT2D eigenvalue weighted by Crippen LogP contribution is 2.56. The van der Waals surface area contributed by atoms with Crippen molar-refractivity contribution in [2.75, 3.05) is 24.7 Å². The molecule has 1 unspecified atom stereocenters. The molecule has 0 aromatic heterocycles. The first-order chi connectivity index (χ1) is 13.2. The molecular weight excluding hydrogens is 380 g/mol. The predicted molar refractivity (Wildman–Crippen MR) is 111 cm³/mol. The molecule has 3 heterocycles. The molecule has 6 heteroatoms. The van der Waals surface area contributed by atoms with Crippen molar-refractivity contribution < 1.29 is 19.3 Å². The Morgan fingerprint density at radius 1 is 1.07 bits per heavy atom. The second kappa shape index (κ2) is 9.06. The van der Waals surface area contributed by atoms with Crippen LogP contribution in [-0.4, -0.2) is 51.9 Å². The molecule has 27 heavy (non-hydrogen) atoms. The summed E-state index contributed by atoms with van der Waals surface area (Å²) in [6, 6.07) is 10.3. The monoisotopic (exact) mass is 410 g/mol. The van der Waals surface area contributed by atoms with Crippen LogP contribution < -0.4 is 0 Å². The minimum atomic E-state index is -0.554. The summed E-state index contributed by atoms with van der Waals surface area (Å²) in [5.74, 6) is 1.87. The first-order valence-corrected chi connectivity index (χ1v) is 12.0. The Morgan fingerprint density at radius 2 is 1.85 bits per heavy atom. The lowest BCUT2D eigenvalue weighted by atomic mass is 9.92. The first kappa shape index (κ1) is 20.0. The van der Waals surface area contributed by atoms with Crippen molar-refractivity contribution in [2.45, 2.75) is 67.2 Å². The molecule has 0 amide bonds. The van der Waals surface area contributed by atoms with Gasteiger partial charge < -0.3 is 19.3 Å². The van der Waals surface area contributed by atoms with Gasteiger partial charge in [-0.3, -0.25) is 0 Å². The first-order valence-electron chi connectivity index (χ1n) is 10.1. The third-order valence-corrected chi connectivity index (χ3v) is 8.93. The topological polar surface area (TPSA) is 47.9 Å². The Balaban J connectivity index is 1.43. The van der Waals surface area contributed by atoms with Gasteiger partial charge in [0.15, 0.2) is 5.79 Å². The Kier molecular flexibility index (Phi) is 6.72. The Morgan fingerprint density at radius 3 is 2.63 bits per heavy atom. The predicted octanol–water partition coefficient (Wildman–Crippen LogP) is 4.21. The highest BCUT2D eigenvalue weighted by molar-refractivity contribution is 8.18. The van der Waals surface area contributed by atoms with Crippen molar-refractivity contribution in [3.05, 3.63) is 35.9 Å². The molecule has 4 nitrogen and oxygen atoms in total. The molecule has 0 saturated carbocycles. The van der Waals surface area contributed by atoms with Gasteiger partial charge in [0, 0.05) is 12.8 Å². The maximum atomic E-state index is 9.62. The lowest BCUT2D eigenvalue weighted by Gasteiger charge is -2.53. The van der Waals surface area contributed by atoms with Crippen LogP contribution in [-0.2, 0) is 20.8 Å². The fourth-order valence-corrected chi connectivity index (χ4v) is 7.98. The molecular formula is C21H30O4S2. The van der Waals surface area contributed by atoms with E-state index in [9.17, 15) is 5.11 Å². The van der Waals surface area contributed by atoms with Crippen LogP contribution in [0.5, 0.6) is 0 Å². The maximum absolute atomic E-state index is 9.62. The van der Waals surface area contributed by atoms with Gasteiger partial charge in [0.1, 0.15) is 0 Å². The van der Waals surface area contributed by atoms with Crippen LogP contribution in [0.1, 0.15) is 44.1 Å². The van der Waals surface area contributed by atoms with Gasteiger partial charge >= 0.3 is 0 Å². The third kappa shape index (κ3) is 5.03. The molecule has 1 N–H and O–H groups in total. The van der Waals surface area contributed by atoms with E-state index in [1.54, 1.807) is 0 Å². The fraction of sp³-hybridized carbons (Fsp3) is 0.714. The van der Waals surface area contributed by atoms with E-state index in [0.717, 1.165) is 32.1 Å². The zero-order valence-electron chi connectivity index (χ0n) is 15.8. The van der Waals surface area contributed by atoms with E-state index in [1.807, 2.05) is 18.2 Å². The van der Waals surface area contributed by atoms with Gasteiger partial charge in [-0.25, -0.2) is 0 Å². The van der Waals surface area contributed by atoms with Crippen LogP contribution in [0.25, 0.3) is 0 Å². The number of benzene rings is 1. The van der Waals surface area contributed by atoms with E-state index in [-0.39, 0.29) is 22.9 Å². The number of aliphatic hydroxyl groups is 1. The Bertz CT molecular complexity index is 593. The molecule has 1 aromatic rings. The van der Waals surface area contributed by atoms with Crippen molar-refractivity contribution in [1.82, 2.24) is 0 Å². The van der Waals surface area contributed by atoms with E-state index >= 15 is 0 Å². The third-order valence-electron chi connectivity index (χ3n) is 5.56. The van der Waals surface area contributed by atoms with E-state index in [4.69, 9.17) is 14.2 Å². The molecule has 3 fully saturated rings. The number of rotatable bonds is 5. The van der Waals surface area contributed by atoms with Crippen molar-refractivity contribution >= 4 is 23.5 Å². The number of hydrogen-bond donors (Lipinski definition) is 1. The largest absolute Gasteiger partial charge is 0.394 e. The minimum Gasteiger partial charge on any atom is -0.394 e. The average Bonchev–Trinajstić information content (AvgIpc) is 2.69. The molecule has 2 spiro atoms. The molecule has 0 aliphatic carbocycles. The smallest absolute Gasteiger partial charge is 0.171 e. The van der Waals surface area contributed by atoms with Crippen LogP contribution >= 0.6 is 23.5 Å². The molecule has 3 saturated heterocycles. The number of aliphatic hydroxyl groups excluding tert-OH is 1. The zero-order chi connectivity index (χ0) is 18.6. The summed E-state index contributed by atoms with van der Waals surface area (Å²) in [4.78, 5) is 0. The minimum absolute atomic E-state index is 0.0398. The second-order valence-electron chi connectivity index (χ2n) is 7.81. The molecule has 4 rings (SSSR count). The highest BCUT2D eigenvalue weighted by atomic mass is 32.2. The number of hydrogen-bond acceptors (Lipinski definition) is 6. The van der Waals surface area contributed by atoms with Crippen LogP contribution in [0.4, 0.5) is 0 Å². The van der Waals surface area contributed by atoms with E-state index in [1.165, 1.54) is 23.5 Å². The van der Waals surface area contributed by atoms with Crippen molar-refractivity contribution in [2.24, 2.45) is 0 Å². The molecule has 3 aliphatic heterocycles. The summed E-state index contributed by atoms with van der Waals surface area (Å²) in [6.45, 7) is 1.28. The van der Waals surface area contributed by atoms with Gasteiger partial charge in [-0.15, -0.1) is 23.5 Å².